The molecule has 6 nitrogen and oxygen atoms in total. The van der Waals surface area contributed by atoms with Crippen LogP contribution < -0.4 is 10.2 Å². The van der Waals surface area contributed by atoms with Crippen molar-refractivity contribution in [2.45, 2.75) is 13.3 Å². The molecular formula is C19H22N4O2. The monoisotopic (exact) mass is 338 g/mol. The summed E-state index contributed by atoms with van der Waals surface area (Å²) in [4.78, 5) is 32.8. The van der Waals surface area contributed by atoms with Crippen molar-refractivity contribution >= 4 is 23.3 Å². The third-order valence-electron chi connectivity index (χ3n) is 4.38. The number of nitrogens with zero attached hydrogens (tertiary/aromatic N) is 3. The first kappa shape index (κ1) is 17.0. The highest BCUT2D eigenvalue weighted by Crippen LogP contribution is 2.16. The summed E-state index contributed by atoms with van der Waals surface area (Å²) in [7, 11) is 0. The molecule has 0 unspecified atom stereocenters. The van der Waals surface area contributed by atoms with Crippen LogP contribution in [0.5, 0.6) is 0 Å². The third kappa shape index (κ3) is 3.96. The van der Waals surface area contributed by atoms with Gasteiger partial charge in [0.1, 0.15) is 5.82 Å². The second kappa shape index (κ2) is 7.79. The van der Waals surface area contributed by atoms with E-state index in [0.717, 1.165) is 17.8 Å². The van der Waals surface area contributed by atoms with Gasteiger partial charge in [-0.25, -0.2) is 4.98 Å². The lowest BCUT2D eigenvalue weighted by atomic mass is 10.1. The Morgan fingerprint density at radius 1 is 1.04 bits per heavy atom. The van der Waals surface area contributed by atoms with Crippen LogP contribution >= 0.6 is 0 Å². The predicted molar refractivity (Wildman–Crippen MR) is 97.5 cm³/mol. The molecule has 0 aliphatic carbocycles. The molecular weight excluding hydrogens is 316 g/mol. The summed E-state index contributed by atoms with van der Waals surface area (Å²) in [5.74, 6) is -0.158. The van der Waals surface area contributed by atoms with E-state index in [0.29, 0.717) is 31.9 Å². The van der Waals surface area contributed by atoms with E-state index in [1.165, 1.54) is 0 Å². The molecule has 2 amide bonds. The van der Waals surface area contributed by atoms with Crippen molar-refractivity contribution in [2.75, 3.05) is 36.4 Å². The maximum absolute atomic E-state index is 12.4. The average Bonchev–Trinajstić information content (AvgIpc) is 2.68. The van der Waals surface area contributed by atoms with Crippen LogP contribution in [-0.2, 0) is 16.0 Å². The first-order valence-electron chi connectivity index (χ1n) is 8.53. The number of benzene rings is 1. The van der Waals surface area contributed by atoms with Gasteiger partial charge in [-0.2, -0.15) is 0 Å². The minimum atomic E-state index is -0.577. The fraction of sp³-hybridized carbons (Fsp3) is 0.316. The normalized spacial score (nSPS) is 14.3. The van der Waals surface area contributed by atoms with Gasteiger partial charge in [0.15, 0.2) is 0 Å². The summed E-state index contributed by atoms with van der Waals surface area (Å²) in [5.41, 5.74) is 1.72. The Labute approximate surface area is 147 Å². The van der Waals surface area contributed by atoms with Crippen LogP contribution in [0.25, 0.3) is 0 Å². The number of hydrogen-bond donors (Lipinski definition) is 1. The fourth-order valence-electron chi connectivity index (χ4n) is 2.95. The molecule has 0 radical (unpaired) electrons. The first-order valence-corrected chi connectivity index (χ1v) is 8.53. The van der Waals surface area contributed by atoms with Gasteiger partial charge in [0.05, 0.1) is 0 Å². The number of para-hydroxylation sites is 1. The van der Waals surface area contributed by atoms with Crippen LogP contribution in [0.15, 0.2) is 48.7 Å². The van der Waals surface area contributed by atoms with Crippen molar-refractivity contribution in [1.82, 2.24) is 9.88 Å². The van der Waals surface area contributed by atoms with Gasteiger partial charge < -0.3 is 15.1 Å². The van der Waals surface area contributed by atoms with Crippen molar-refractivity contribution in [3.8, 4) is 0 Å². The number of piperazine rings is 1. The van der Waals surface area contributed by atoms with Crippen LogP contribution in [0, 0.1) is 0 Å². The topological polar surface area (TPSA) is 65.5 Å². The highest BCUT2D eigenvalue weighted by molar-refractivity contribution is 6.39. The summed E-state index contributed by atoms with van der Waals surface area (Å²) >= 11 is 0. The van der Waals surface area contributed by atoms with Gasteiger partial charge in [0, 0.05) is 38.1 Å². The van der Waals surface area contributed by atoms with Crippen LogP contribution in [0.1, 0.15) is 12.5 Å². The SMILES string of the molecule is CCc1ccccc1NC(=O)C(=O)N1CCN(c2ccccn2)CC1. The molecule has 1 fully saturated rings. The minimum Gasteiger partial charge on any atom is -0.353 e. The number of aryl methyl sites for hydroxylation is 1. The lowest BCUT2D eigenvalue weighted by Gasteiger charge is -2.35. The van der Waals surface area contributed by atoms with Gasteiger partial charge in [0.25, 0.3) is 0 Å². The van der Waals surface area contributed by atoms with E-state index in [9.17, 15) is 9.59 Å². The molecule has 1 aliphatic heterocycles. The summed E-state index contributed by atoms with van der Waals surface area (Å²) in [6.45, 7) is 4.38. The van der Waals surface area contributed by atoms with E-state index < -0.39 is 11.8 Å². The van der Waals surface area contributed by atoms with E-state index >= 15 is 0 Å². The summed E-state index contributed by atoms with van der Waals surface area (Å²) in [5, 5.41) is 2.75. The maximum atomic E-state index is 12.4. The van der Waals surface area contributed by atoms with E-state index in [1.807, 2.05) is 49.4 Å². The van der Waals surface area contributed by atoms with Gasteiger partial charge in [-0.05, 0) is 30.2 Å². The fourth-order valence-corrected chi connectivity index (χ4v) is 2.95. The second-order valence-electron chi connectivity index (χ2n) is 5.93. The lowest BCUT2D eigenvalue weighted by Crippen LogP contribution is -2.51. The lowest BCUT2D eigenvalue weighted by molar-refractivity contribution is -0.143. The predicted octanol–water partition coefficient (Wildman–Crippen LogP) is 1.93. The molecule has 3 rings (SSSR count). The molecule has 1 saturated heterocycles. The zero-order valence-corrected chi connectivity index (χ0v) is 14.3. The third-order valence-corrected chi connectivity index (χ3v) is 4.38. The van der Waals surface area contributed by atoms with Crippen molar-refractivity contribution < 1.29 is 9.59 Å². The minimum absolute atomic E-state index is 0.480. The molecule has 130 valence electrons. The Balaban J connectivity index is 1.58. The quantitative estimate of drug-likeness (QED) is 0.869. The van der Waals surface area contributed by atoms with Gasteiger partial charge in [0.2, 0.25) is 0 Å². The van der Waals surface area contributed by atoms with Crippen molar-refractivity contribution in [1.29, 1.82) is 0 Å². The number of rotatable bonds is 3. The molecule has 1 N–H and O–H groups in total. The standard InChI is InChI=1S/C19H22N4O2/c1-2-15-7-3-4-8-16(15)21-18(24)19(25)23-13-11-22(12-14-23)17-9-5-6-10-20-17/h3-10H,2,11-14H2,1H3,(H,21,24). The Morgan fingerprint density at radius 3 is 2.44 bits per heavy atom. The van der Waals surface area contributed by atoms with Crippen LogP contribution in [-0.4, -0.2) is 47.9 Å². The Kier molecular flexibility index (Phi) is 5.28. The van der Waals surface area contributed by atoms with E-state index in [1.54, 1.807) is 11.1 Å². The summed E-state index contributed by atoms with van der Waals surface area (Å²) in [6, 6.07) is 13.3. The van der Waals surface area contributed by atoms with E-state index in [-0.39, 0.29) is 0 Å². The van der Waals surface area contributed by atoms with Crippen LogP contribution in [0.4, 0.5) is 11.5 Å². The first-order chi connectivity index (χ1) is 12.2. The zero-order chi connectivity index (χ0) is 17.6. The molecule has 1 aromatic carbocycles. The molecule has 1 aromatic heterocycles. The molecule has 2 aromatic rings. The number of hydrogen-bond acceptors (Lipinski definition) is 4. The van der Waals surface area contributed by atoms with Gasteiger partial charge in [-0.1, -0.05) is 31.2 Å². The Bertz CT molecular complexity index is 740. The number of carbonyl (C=O) groups is 2. The highest BCUT2D eigenvalue weighted by atomic mass is 16.2. The van der Waals surface area contributed by atoms with E-state index in [4.69, 9.17) is 0 Å². The van der Waals surface area contributed by atoms with Crippen molar-refractivity contribution in [3.63, 3.8) is 0 Å². The molecule has 6 heteroatoms. The highest BCUT2D eigenvalue weighted by Gasteiger charge is 2.26. The number of anilines is 2. The number of pyridine rings is 1. The molecule has 0 bridgehead atoms. The van der Waals surface area contributed by atoms with Crippen LogP contribution in [0.3, 0.4) is 0 Å². The summed E-state index contributed by atoms with van der Waals surface area (Å²) in [6.07, 6.45) is 2.55. The smallest absolute Gasteiger partial charge is 0.313 e. The molecule has 1 aliphatic rings. The van der Waals surface area contributed by atoms with Gasteiger partial charge in [-0.15, -0.1) is 0 Å². The molecule has 25 heavy (non-hydrogen) atoms. The van der Waals surface area contributed by atoms with Crippen molar-refractivity contribution in [2.24, 2.45) is 0 Å². The molecule has 0 spiro atoms. The van der Waals surface area contributed by atoms with E-state index in [2.05, 4.69) is 15.2 Å². The van der Waals surface area contributed by atoms with Gasteiger partial charge >= 0.3 is 11.8 Å². The van der Waals surface area contributed by atoms with Crippen LogP contribution in [0.2, 0.25) is 0 Å². The number of aromatic nitrogens is 1. The molecule has 2 heterocycles. The summed E-state index contributed by atoms with van der Waals surface area (Å²) < 4.78 is 0. The Hall–Kier alpha value is -2.89. The number of amides is 2. The second-order valence-corrected chi connectivity index (χ2v) is 5.93. The Morgan fingerprint density at radius 2 is 1.76 bits per heavy atom. The molecule has 0 saturated carbocycles. The number of carbonyl (C=O) groups excluding carboxylic acids is 2. The molecule has 0 atom stereocenters. The van der Waals surface area contributed by atoms with Gasteiger partial charge in [-0.3, -0.25) is 9.59 Å². The zero-order valence-electron chi connectivity index (χ0n) is 14.3. The van der Waals surface area contributed by atoms with Crippen molar-refractivity contribution in [3.05, 3.63) is 54.2 Å². The number of nitrogens with one attached hydrogen (secondary N) is 1. The largest absolute Gasteiger partial charge is 0.353 e. The average molecular weight is 338 g/mol. The maximum Gasteiger partial charge on any atom is 0.313 e.